The Morgan fingerprint density at radius 3 is 1.52 bits per heavy atom. The van der Waals surface area contributed by atoms with Crippen LogP contribution in [0.5, 0.6) is 0 Å². The predicted octanol–water partition coefficient (Wildman–Crippen LogP) is 5.90. The van der Waals surface area contributed by atoms with Gasteiger partial charge >= 0.3 is 5.97 Å². The van der Waals surface area contributed by atoms with Crippen LogP contribution in [0.1, 0.15) is 38.8 Å². The van der Waals surface area contributed by atoms with Crippen molar-refractivity contribution in [3.05, 3.63) is 89.5 Å². The van der Waals surface area contributed by atoms with Gasteiger partial charge in [0, 0.05) is 37.6 Å². The molecule has 0 aromatic heterocycles. The lowest BCUT2D eigenvalue weighted by Gasteiger charge is -2.22. The summed E-state index contributed by atoms with van der Waals surface area (Å²) in [7, 11) is 0. The molecule has 5 nitrogen and oxygen atoms in total. The second-order valence-corrected chi connectivity index (χ2v) is 7.40. The van der Waals surface area contributed by atoms with Crippen LogP contribution in [-0.2, 0) is 4.79 Å². The second kappa shape index (κ2) is 12.9. The molecule has 1 N–H and O–H groups in total. The molecule has 0 unspecified atom stereocenters. The summed E-state index contributed by atoms with van der Waals surface area (Å²) in [5.41, 5.74) is 5.21. The van der Waals surface area contributed by atoms with Crippen LogP contribution in [0.3, 0.4) is 0 Å². The van der Waals surface area contributed by atoms with E-state index in [1.807, 2.05) is 6.08 Å². The molecule has 0 fully saturated rings. The minimum absolute atomic E-state index is 0.298. The Labute approximate surface area is 197 Å². The number of carboxylic acids is 1. The number of aliphatic carboxylic acids is 1. The van der Waals surface area contributed by atoms with Crippen LogP contribution in [0.4, 0.5) is 11.4 Å². The van der Waals surface area contributed by atoms with Gasteiger partial charge in [0.05, 0.1) is 0 Å². The largest absolute Gasteiger partial charge is 0.477 e. The maximum Gasteiger partial charge on any atom is 0.346 e. The van der Waals surface area contributed by atoms with E-state index in [1.54, 1.807) is 18.2 Å². The van der Waals surface area contributed by atoms with Gasteiger partial charge in [0.2, 0.25) is 0 Å². The monoisotopic (exact) mass is 443 g/mol. The quantitative estimate of drug-likeness (QED) is 0.266. The molecule has 0 amide bonds. The molecule has 172 valence electrons. The number of nitriles is 1. The number of allylic oxidation sites excluding steroid dienone is 4. The molecule has 2 aromatic carbocycles. The lowest BCUT2D eigenvalue weighted by Crippen LogP contribution is -2.21. The number of rotatable bonds is 11. The van der Waals surface area contributed by atoms with Gasteiger partial charge in [0.1, 0.15) is 11.6 Å². The second-order valence-electron chi connectivity index (χ2n) is 7.40. The van der Waals surface area contributed by atoms with Crippen molar-refractivity contribution in [3.63, 3.8) is 0 Å². The normalized spacial score (nSPS) is 11.2. The van der Waals surface area contributed by atoms with Gasteiger partial charge in [0.15, 0.2) is 0 Å². The molecular weight excluding hydrogens is 410 g/mol. The van der Waals surface area contributed by atoms with E-state index in [0.29, 0.717) is 0 Å². The molecule has 0 radical (unpaired) electrons. The molecular formula is C28H33N3O2. The molecule has 0 aliphatic rings. The van der Waals surface area contributed by atoms with Crippen molar-refractivity contribution in [2.24, 2.45) is 0 Å². The fourth-order valence-corrected chi connectivity index (χ4v) is 3.70. The number of benzene rings is 2. The summed E-state index contributed by atoms with van der Waals surface area (Å²) in [5.74, 6) is -1.23. The Morgan fingerprint density at radius 1 is 0.788 bits per heavy atom. The summed E-state index contributed by atoms with van der Waals surface area (Å²) < 4.78 is 0. The van der Waals surface area contributed by atoms with Gasteiger partial charge in [-0.3, -0.25) is 0 Å². The minimum atomic E-state index is -1.23. The van der Waals surface area contributed by atoms with E-state index in [0.717, 1.165) is 42.9 Å². The molecule has 0 heterocycles. The molecule has 0 saturated carbocycles. The van der Waals surface area contributed by atoms with Gasteiger partial charge in [-0.25, -0.2) is 4.79 Å². The lowest BCUT2D eigenvalue weighted by atomic mass is 9.96. The molecule has 2 aromatic rings. The fraction of sp³-hybridized carbons (Fsp3) is 0.286. The molecule has 0 bridgehead atoms. The van der Waals surface area contributed by atoms with E-state index in [9.17, 15) is 4.79 Å². The van der Waals surface area contributed by atoms with Crippen LogP contribution < -0.4 is 9.80 Å². The van der Waals surface area contributed by atoms with Gasteiger partial charge in [0.25, 0.3) is 0 Å². The molecule has 0 aliphatic heterocycles. The van der Waals surface area contributed by atoms with Gasteiger partial charge in [-0.15, -0.1) is 0 Å². The molecule has 5 heteroatoms. The first kappa shape index (κ1) is 25.5. The Morgan fingerprint density at radius 2 is 1.18 bits per heavy atom. The maximum atomic E-state index is 11.0. The highest BCUT2D eigenvalue weighted by molar-refractivity contribution is 5.91. The third-order valence-electron chi connectivity index (χ3n) is 5.60. The van der Waals surface area contributed by atoms with E-state index in [2.05, 4.69) is 86.0 Å². The summed E-state index contributed by atoms with van der Waals surface area (Å²) in [5, 5.41) is 17.9. The van der Waals surface area contributed by atoms with E-state index in [-0.39, 0.29) is 5.57 Å². The summed E-state index contributed by atoms with van der Waals surface area (Å²) >= 11 is 0. The zero-order chi connectivity index (χ0) is 24.2. The number of anilines is 2. The van der Waals surface area contributed by atoms with E-state index in [1.165, 1.54) is 17.5 Å². The SMILES string of the molecule is CCN(CC)c1ccc(C(=C/C=C/C=C(\C#N)C(=O)O)c2ccc(N(CC)CC)cc2)cc1. The average molecular weight is 444 g/mol. The Balaban J connectivity index is 2.46. The third kappa shape index (κ3) is 6.85. The topological polar surface area (TPSA) is 67.6 Å². The van der Waals surface area contributed by atoms with E-state index in [4.69, 9.17) is 10.4 Å². The van der Waals surface area contributed by atoms with E-state index < -0.39 is 5.97 Å². The zero-order valence-electron chi connectivity index (χ0n) is 20.0. The highest BCUT2D eigenvalue weighted by Gasteiger charge is 2.09. The number of hydrogen-bond acceptors (Lipinski definition) is 4. The van der Waals surface area contributed by atoms with Crippen LogP contribution in [0.15, 0.2) is 78.4 Å². The van der Waals surface area contributed by atoms with Crippen molar-refractivity contribution in [2.75, 3.05) is 36.0 Å². The van der Waals surface area contributed by atoms with Crippen molar-refractivity contribution in [1.29, 1.82) is 5.26 Å². The van der Waals surface area contributed by atoms with Gasteiger partial charge < -0.3 is 14.9 Å². The summed E-state index contributed by atoms with van der Waals surface area (Å²) in [4.78, 5) is 15.6. The molecule has 0 atom stereocenters. The van der Waals surface area contributed by atoms with Gasteiger partial charge in [-0.1, -0.05) is 42.5 Å². The Bertz CT molecular complexity index is 977. The molecule has 2 rings (SSSR count). The Hall–Kier alpha value is -3.78. The predicted molar refractivity (Wildman–Crippen MR) is 138 cm³/mol. The van der Waals surface area contributed by atoms with Crippen LogP contribution in [0.2, 0.25) is 0 Å². The first-order valence-corrected chi connectivity index (χ1v) is 11.4. The highest BCUT2D eigenvalue weighted by atomic mass is 16.4. The summed E-state index contributed by atoms with van der Waals surface area (Å²) in [6, 6.07) is 18.6. The van der Waals surface area contributed by atoms with Crippen molar-refractivity contribution >= 4 is 22.9 Å². The lowest BCUT2D eigenvalue weighted by molar-refractivity contribution is -0.132. The van der Waals surface area contributed by atoms with Crippen LogP contribution >= 0.6 is 0 Å². The number of carbonyl (C=O) groups is 1. The van der Waals surface area contributed by atoms with Gasteiger partial charge in [-0.2, -0.15) is 5.26 Å². The highest BCUT2D eigenvalue weighted by Crippen LogP contribution is 2.28. The fourth-order valence-electron chi connectivity index (χ4n) is 3.70. The van der Waals surface area contributed by atoms with Crippen LogP contribution in [0.25, 0.3) is 5.57 Å². The average Bonchev–Trinajstić information content (AvgIpc) is 2.84. The van der Waals surface area contributed by atoms with Crippen molar-refractivity contribution in [2.45, 2.75) is 27.7 Å². The van der Waals surface area contributed by atoms with Crippen molar-refractivity contribution in [3.8, 4) is 6.07 Å². The maximum absolute atomic E-state index is 11.0. The van der Waals surface area contributed by atoms with E-state index >= 15 is 0 Å². The molecule has 0 saturated heterocycles. The molecule has 33 heavy (non-hydrogen) atoms. The van der Waals surface area contributed by atoms with Gasteiger partial charge in [-0.05, 0) is 74.7 Å². The standard InChI is InChI=1S/C28H33N3O2/c1-5-30(6-2)25-17-13-22(14-18-25)27(12-10-9-11-24(21-29)28(32)33)23-15-19-26(20-16-23)31(7-3)8-4/h9-20H,5-8H2,1-4H3,(H,32,33)/b10-9+,24-11+. The minimum Gasteiger partial charge on any atom is -0.477 e. The smallest absolute Gasteiger partial charge is 0.346 e. The zero-order valence-corrected chi connectivity index (χ0v) is 20.0. The number of carboxylic acid groups (broad SMARTS) is 1. The first-order valence-electron chi connectivity index (χ1n) is 11.4. The summed E-state index contributed by atoms with van der Waals surface area (Å²) in [6.07, 6.45) is 6.61. The first-order chi connectivity index (χ1) is 16.0. The Kier molecular flexibility index (Phi) is 9.98. The number of hydrogen-bond donors (Lipinski definition) is 1. The third-order valence-corrected chi connectivity index (χ3v) is 5.60. The molecule has 0 spiro atoms. The van der Waals surface area contributed by atoms with Crippen LogP contribution in [-0.4, -0.2) is 37.3 Å². The van der Waals surface area contributed by atoms with Crippen molar-refractivity contribution in [1.82, 2.24) is 0 Å². The van der Waals surface area contributed by atoms with Crippen LogP contribution in [0, 0.1) is 11.3 Å². The number of nitrogens with zero attached hydrogens (tertiary/aromatic N) is 3. The van der Waals surface area contributed by atoms with Crippen molar-refractivity contribution < 1.29 is 9.90 Å². The molecule has 0 aliphatic carbocycles. The summed E-state index contributed by atoms with van der Waals surface area (Å²) in [6.45, 7) is 12.4.